The fourth-order valence-electron chi connectivity index (χ4n) is 3.23. The van der Waals surface area contributed by atoms with Crippen LogP contribution in [-0.4, -0.2) is 24.9 Å². The molecule has 0 radical (unpaired) electrons. The van der Waals surface area contributed by atoms with Gasteiger partial charge in [-0.05, 0) is 43.9 Å². The van der Waals surface area contributed by atoms with E-state index < -0.39 is 12.3 Å². The van der Waals surface area contributed by atoms with Gasteiger partial charge < -0.3 is 10.5 Å². The topological polar surface area (TPSA) is 35.2 Å². The highest BCUT2D eigenvalue weighted by molar-refractivity contribution is 5.00. The van der Waals surface area contributed by atoms with Gasteiger partial charge in [0.2, 0.25) is 0 Å². The SMILES string of the molecule is COC(C1CCC(CC2(N)CC2)CC1)C(F)(F)F. The molecule has 2 aliphatic carbocycles. The maximum Gasteiger partial charge on any atom is 0.414 e. The van der Waals surface area contributed by atoms with Gasteiger partial charge in [-0.3, -0.25) is 0 Å². The number of methoxy groups -OCH3 is 1. The van der Waals surface area contributed by atoms with Crippen molar-refractivity contribution in [2.75, 3.05) is 7.11 Å². The largest absolute Gasteiger partial charge is 0.414 e. The molecule has 2 N–H and O–H groups in total. The number of ether oxygens (including phenoxy) is 1. The van der Waals surface area contributed by atoms with Crippen molar-refractivity contribution in [3.8, 4) is 0 Å². The molecular weight excluding hydrogens is 243 g/mol. The van der Waals surface area contributed by atoms with E-state index in [-0.39, 0.29) is 11.5 Å². The minimum absolute atomic E-state index is 0.0161. The van der Waals surface area contributed by atoms with Gasteiger partial charge in [0.05, 0.1) is 0 Å². The Morgan fingerprint density at radius 3 is 2.17 bits per heavy atom. The monoisotopic (exact) mass is 265 g/mol. The first-order chi connectivity index (χ1) is 8.34. The van der Waals surface area contributed by atoms with Crippen LogP contribution in [0, 0.1) is 11.8 Å². The van der Waals surface area contributed by atoms with Crippen molar-refractivity contribution < 1.29 is 17.9 Å². The number of hydrogen-bond donors (Lipinski definition) is 1. The molecule has 0 saturated heterocycles. The van der Waals surface area contributed by atoms with Crippen molar-refractivity contribution >= 4 is 0 Å². The van der Waals surface area contributed by atoms with E-state index in [4.69, 9.17) is 5.73 Å². The Balaban J connectivity index is 1.81. The van der Waals surface area contributed by atoms with Gasteiger partial charge in [-0.15, -0.1) is 0 Å². The van der Waals surface area contributed by atoms with Crippen LogP contribution in [0.4, 0.5) is 13.2 Å². The maximum absolute atomic E-state index is 12.7. The zero-order chi connectivity index (χ0) is 13.4. The lowest BCUT2D eigenvalue weighted by molar-refractivity contribution is -0.231. The van der Waals surface area contributed by atoms with Crippen molar-refractivity contribution in [1.29, 1.82) is 0 Å². The Kier molecular flexibility index (Phi) is 3.93. The Morgan fingerprint density at radius 1 is 1.22 bits per heavy atom. The molecule has 0 aromatic carbocycles. The number of hydrogen-bond acceptors (Lipinski definition) is 2. The van der Waals surface area contributed by atoms with Crippen molar-refractivity contribution in [3.05, 3.63) is 0 Å². The van der Waals surface area contributed by atoms with Crippen molar-refractivity contribution in [2.45, 2.75) is 62.8 Å². The molecule has 0 bridgehead atoms. The van der Waals surface area contributed by atoms with Gasteiger partial charge in [-0.2, -0.15) is 13.2 Å². The van der Waals surface area contributed by atoms with Gasteiger partial charge in [-0.25, -0.2) is 0 Å². The van der Waals surface area contributed by atoms with Crippen LogP contribution < -0.4 is 5.73 Å². The highest BCUT2D eigenvalue weighted by atomic mass is 19.4. The summed E-state index contributed by atoms with van der Waals surface area (Å²) < 4.78 is 42.9. The van der Waals surface area contributed by atoms with Crippen LogP contribution in [0.3, 0.4) is 0 Å². The van der Waals surface area contributed by atoms with E-state index in [1.807, 2.05) is 0 Å². The fourth-order valence-corrected chi connectivity index (χ4v) is 3.23. The smallest absolute Gasteiger partial charge is 0.372 e. The second-order valence-electron chi connectivity index (χ2n) is 6.05. The molecule has 18 heavy (non-hydrogen) atoms. The molecule has 0 spiro atoms. The highest BCUT2D eigenvalue weighted by Crippen LogP contribution is 2.44. The van der Waals surface area contributed by atoms with E-state index >= 15 is 0 Å². The highest BCUT2D eigenvalue weighted by Gasteiger charge is 2.47. The minimum Gasteiger partial charge on any atom is -0.372 e. The van der Waals surface area contributed by atoms with Gasteiger partial charge in [0.15, 0.2) is 6.10 Å². The standard InChI is InChI=1S/C13H22F3NO/c1-18-11(13(14,15)16)10-4-2-9(3-5-10)8-12(17)6-7-12/h9-11H,2-8,17H2,1H3. The van der Waals surface area contributed by atoms with Crippen molar-refractivity contribution in [2.24, 2.45) is 17.6 Å². The van der Waals surface area contributed by atoms with Crippen LogP contribution in [0.25, 0.3) is 0 Å². The fraction of sp³-hybridized carbons (Fsp3) is 1.00. The Morgan fingerprint density at radius 2 is 1.78 bits per heavy atom. The summed E-state index contributed by atoms with van der Waals surface area (Å²) in [5.74, 6) is 0.138. The molecule has 106 valence electrons. The summed E-state index contributed by atoms with van der Waals surface area (Å²) in [7, 11) is 1.16. The van der Waals surface area contributed by atoms with Crippen LogP contribution in [-0.2, 0) is 4.74 Å². The summed E-state index contributed by atoms with van der Waals surface area (Å²) >= 11 is 0. The van der Waals surface area contributed by atoms with Crippen LogP contribution in [0.5, 0.6) is 0 Å². The molecule has 2 nitrogen and oxygen atoms in total. The molecule has 0 heterocycles. The van der Waals surface area contributed by atoms with Crippen molar-refractivity contribution in [1.82, 2.24) is 0 Å². The van der Waals surface area contributed by atoms with E-state index in [1.165, 1.54) is 0 Å². The van der Waals surface area contributed by atoms with Crippen LogP contribution in [0.1, 0.15) is 44.9 Å². The predicted octanol–water partition coefficient (Wildman–Crippen LogP) is 3.25. The molecule has 0 aliphatic heterocycles. The molecule has 5 heteroatoms. The molecule has 2 rings (SSSR count). The summed E-state index contributed by atoms with van der Waals surface area (Å²) in [6, 6.07) is 0. The van der Waals surface area contributed by atoms with Gasteiger partial charge in [0, 0.05) is 12.6 Å². The van der Waals surface area contributed by atoms with Crippen LogP contribution in [0.2, 0.25) is 0 Å². The third-order valence-corrected chi connectivity index (χ3v) is 4.48. The van der Waals surface area contributed by atoms with Crippen LogP contribution >= 0.6 is 0 Å². The molecule has 2 saturated carbocycles. The normalized spacial score (nSPS) is 33.2. The number of rotatable bonds is 4. The Hall–Kier alpha value is -0.290. The quantitative estimate of drug-likeness (QED) is 0.846. The second kappa shape index (κ2) is 5.00. The first-order valence-electron chi connectivity index (χ1n) is 6.72. The third kappa shape index (κ3) is 3.38. The number of nitrogens with two attached hydrogens (primary N) is 1. The molecule has 0 aromatic heterocycles. The van der Waals surface area contributed by atoms with Gasteiger partial charge in [0.1, 0.15) is 0 Å². The predicted molar refractivity (Wildman–Crippen MR) is 63.1 cm³/mol. The number of alkyl halides is 3. The summed E-state index contributed by atoms with van der Waals surface area (Å²) in [5.41, 5.74) is 6.08. The third-order valence-electron chi connectivity index (χ3n) is 4.48. The first-order valence-corrected chi connectivity index (χ1v) is 6.72. The number of halogens is 3. The maximum atomic E-state index is 12.7. The van der Waals surface area contributed by atoms with Crippen molar-refractivity contribution in [3.63, 3.8) is 0 Å². The second-order valence-corrected chi connectivity index (χ2v) is 6.05. The molecule has 0 amide bonds. The summed E-state index contributed by atoms with van der Waals surface area (Å²) in [5, 5.41) is 0. The van der Waals surface area contributed by atoms with E-state index in [2.05, 4.69) is 4.74 Å². The summed E-state index contributed by atoms with van der Waals surface area (Å²) in [4.78, 5) is 0. The molecular formula is C13H22F3NO. The average molecular weight is 265 g/mol. The van der Waals surface area contributed by atoms with E-state index in [9.17, 15) is 13.2 Å². The lowest BCUT2D eigenvalue weighted by Crippen LogP contribution is -2.40. The lowest BCUT2D eigenvalue weighted by Gasteiger charge is -2.34. The zero-order valence-corrected chi connectivity index (χ0v) is 10.8. The Bertz CT molecular complexity index is 280. The van der Waals surface area contributed by atoms with Crippen LogP contribution in [0.15, 0.2) is 0 Å². The molecule has 2 aliphatic rings. The molecule has 1 atom stereocenters. The molecule has 2 fully saturated rings. The Labute approximate surface area is 106 Å². The zero-order valence-electron chi connectivity index (χ0n) is 10.8. The summed E-state index contributed by atoms with van der Waals surface area (Å²) in [6.45, 7) is 0. The molecule has 1 unspecified atom stereocenters. The van der Waals surface area contributed by atoms with Gasteiger partial charge in [0.25, 0.3) is 0 Å². The minimum atomic E-state index is -4.24. The van der Waals surface area contributed by atoms with Gasteiger partial charge >= 0.3 is 6.18 Å². The average Bonchev–Trinajstić information content (AvgIpc) is 2.98. The van der Waals surface area contributed by atoms with E-state index in [0.29, 0.717) is 18.8 Å². The summed E-state index contributed by atoms with van der Waals surface area (Å²) in [6.07, 6.45) is 0.260. The van der Waals surface area contributed by atoms with Gasteiger partial charge in [-0.1, -0.05) is 12.8 Å². The molecule has 0 aromatic rings. The lowest BCUT2D eigenvalue weighted by atomic mass is 9.76. The van der Waals surface area contributed by atoms with E-state index in [0.717, 1.165) is 39.2 Å². The van der Waals surface area contributed by atoms with E-state index in [1.54, 1.807) is 0 Å². The first kappa shape index (κ1) is 14.1.